The summed E-state index contributed by atoms with van der Waals surface area (Å²) in [6.07, 6.45) is 6.42. The van der Waals surface area contributed by atoms with Crippen LogP contribution in [0.3, 0.4) is 0 Å². The van der Waals surface area contributed by atoms with E-state index in [-0.39, 0.29) is 12.0 Å². The Labute approximate surface area is 91.3 Å². The number of nitrogens with two attached hydrogens (primary N) is 1. The first kappa shape index (κ1) is 12.1. The van der Waals surface area contributed by atoms with Crippen molar-refractivity contribution in [1.82, 2.24) is 4.98 Å². The van der Waals surface area contributed by atoms with E-state index in [1.54, 1.807) is 6.20 Å². The van der Waals surface area contributed by atoms with Crippen LogP contribution in [0.25, 0.3) is 0 Å². The summed E-state index contributed by atoms with van der Waals surface area (Å²) in [5.74, 6) is 0.284. The van der Waals surface area contributed by atoms with Crippen molar-refractivity contribution in [3.63, 3.8) is 0 Å². The van der Waals surface area contributed by atoms with Gasteiger partial charge in [0.15, 0.2) is 0 Å². The summed E-state index contributed by atoms with van der Waals surface area (Å²) in [4.78, 5) is 4.06. The Morgan fingerprint density at radius 1 is 1.53 bits per heavy atom. The van der Waals surface area contributed by atoms with Gasteiger partial charge in [-0.2, -0.15) is 0 Å². The highest BCUT2D eigenvalue weighted by Gasteiger charge is 2.11. The summed E-state index contributed by atoms with van der Waals surface area (Å²) in [6.45, 7) is 2.40. The molecule has 15 heavy (non-hydrogen) atoms. The molecule has 0 bridgehead atoms. The van der Waals surface area contributed by atoms with Crippen LogP contribution in [0, 0.1) is 5.92 Å². The van der Waals surface area contributed by atoms with Crippen molar-refractivity contribution < 1.29 is 5.11 Å². The zero-order chi connectivity index (χ0) is 11.1. The maximum atomic E-state index is 9.49. The first-order valence-corrected chi connectivity index (χ1v) is 5.51. The predicted octanol–water partition coefficient (Wildman–Crippen LogP) is 1.36. The molecule has 0 amide bonds. The van der Waals surface area contributed by atoms with E-state index in [2.05, 4.69) is 11.1 Å². The molecule has 1 heterocycles. The molecule has 1 aromatic heterocycles. The monoisotopic (exact) mass is 208 g/mol. The van der Waals surface area contributed by atoms with E-state index in [4.69, 9.17) is 5.73 Å². The molecule has 0 spiro atoms. The highest BCUT2D eigenvalue weighted by atomic mass is 16.3. The van der Waals surface area contributed by atoms with Gasteiger partial charge in [0.25, 0.3) is 0 Å². The van der Waals surface area contributed by atoms with Gasteiger partial charge >= 0.3 is 0 Å². The molecule has 2 atom stereocenters. The number of nitrogens with zero attached hydrogens (tertiary/aromatic N) is 1. The van der Waals surface area contributed by atoms with Gasteiger partial charge in [0, 0.05) is 18.9 Å². The molecule has 0 saturated carbocycles. The van der Waals surface area contributed by atoms with E-state index in [0.29, 0.717) is 6.54 Å². The largest absolute Gasteiger partial charge is 0.392 e. The topological polar surface area (TPSA) is 59.1 Å². The Kier molecular flexibility index (Phi) is 5.29. The van der Waals surface area contributed by atoms with Gasteiger partial charge < -0.3 is 10.8 Å². The molecule has 0 fully saturated rings. The van der Waals surface area contributed by atoms with Gasteiger partial charge in [-0.3, -0.25) is 4.98 Å². The van der Waals surface area contributed by atoms with Crippen LogP contribution in [-0.4, -0.2) is 22.7 Å². The molecular formula is C12H20N2O. The fourth-order valence-corrected chi connectivity index (χ4v) is 1.60. The minimum absolute atomic E-state index is 0.284. The molecule has 0 unspecified atom stereocenters. The number of hydrogen-bond donors (Lipinski definition) is 2. The molecule has 0 saturated heterocycles. The highest BCUT2D eigenvalue weighted by molar-refractivity contribution is 5.08. The van der Waals surface area contributed by atoms with Crippen molar-refractivity contribution in [3.8, 4) is 0 Å². The molecule has 3 heteroatoms. The van der Waals surface area contributed by atoms with Gasteiger partial charge in [0.05, 0.1) is 6.10 Å². The standard InChI is InChI=1S/C12H20N2O/c1-10(12(15)8-13)4-2-5-11-6-3-7-14-9-11/h3,6-7,9-10,12,15H,2,4-5,8,13H2,1H3/t10-,12+/m1/s1. The Morgan fingerprint density at radius 2 is 2.33 bits per heavy atom. The third-order valence-corrected chi connectivity index (χ3v) is 2.75. The number of aromatic nitrogens is 1. The summed E-state index contributed by atoms with van der Waals surface area (Å²) in [6, 6.07) is 4.03. The summed E-state index contributed by atoms with van der Waals surface area (Å²) in [7, 11) is 0. The lowest BCUT2D eigenvalue weighted by Gasteiger charge is -2.16. The smallest absolute Gasteiger partial charge is 0.0687 e. The fourth-order valence-electron chi connectivity index (χ4n) is 1.60. The summed E-state index contributed by atoms with van der Waals surface area (Å²) >= 11 is 0. The van der Waals surface area contributed by atoms with Gasteiger partial charge in [-0.05, 0) is 36.8 Å². The third kappa shape index (κ3) is 4.40. The molecular weight excluding hydrogens is 188 g/mol. The Hall–Kier alpha value is -0.930. The molecule has 0 radical (unpaired) electrons. The lowest BCUT2D eigenvalue weighted by Crippen LogP contribution is -2.27. The first-order valence-electron chi connectivity index (χ1n) is 5.51. The second-order valence-electron chi connectivity index (χ2n) is 4.03. The van der Waals surface area contributed by atoms with Crippen molar-refractivity contribution >= 4 is 0 Å². The molecule has 0 aliphatic heterocycles. The minimum atomic E-state index is -0.362. The molecule has 3 N–H and O–H groups in total. The molecule has 0 aliphatic rings. The van der Waals surface area contributed by atoms with Gasteiger partial charge in [0.1, 0.15) is 0 Å². The average Bonchev–Trinajstić information content (AvgIpc) is 2.29. The number of aliphatic hydroxyl groups excluding tert-OH is 1. The number of aryl methyl sites for hydroxylation is 1. The lowest BCUT2D eigenvalue weighted by molar-refractivity contribution is 0.118. The summed E-state index contributed by atoms with van der Waals surface area (Å²) in [5, 5.41) is 9.49. The zero-order valence-electron chi connectivity index (χ0n) is 9.26. The number of pyridine rings is 1. The van der Waals surface area contributed by atoms with Gasteiger partial charge in [-0.15, -0.1) is 0 Å². The van der Waals surface area contributed by atoms with E-state index in [0.717, 1.165) is 19.3 Å². The molecule has 0 aromatic carbocycles. The second-order valence-corrected chi connectivity index (χ2v) is 4.03. The Morgan fingerprint density at radius 3 is 2.93 bits per heavy atom. The van der Waals surface area contributed by atoms with Crippen LogP contribution < -0.4 is 5.73 Å². The van der Waals surface area contributed by atoms with Crippen LogP contribution in [0.2, 0.25) is 0 Å². The second kappa shape index (κ2) is 6.53. The molecule has 0 aliphatic carbocycles. The lowest BCUT2D eigenvalue weighted by atomic mass is 9.97. The average molecular weight is 208 g/mol. The van der Waals surface area contributed by atoms with E-state index in [9.17, 15) is 5.11 Å². The fraction of sp³-hybridized carbons (Fsp3) is 0.583. The van der Waals surface area contributed by atoms with Crippen molar-refractivity contribution in [1.29, 1.82) is 0 Å². The van der Waals surface area contributed by atoms with E-state index < -0.39 is 0 Å². The van der Waals surface area contributed by atoms with Crippen LogP contribution >= 0.6 is 0 Å². The van der Waals surface area contributed by atoms with Crippen LogP contribution in [0.1, 0.15) is 25.3 Å². The number of rotatable bonds is 6. The maximum Gasteiger partial charge on any atom is 0.0687 e. The molecule has 1 aromatic rings. The third-order valence-electron chi connectivity index (χ3n) is 2.75. The number of hydrogen-bond acceptors (Lipinski definition) is 3. The van der Waals surface area contributed by atoms with Gasteiger partial charge in [-0.25, -0.2) is 0 Å². The van der Waals surface area contributed by atoms with E-state index in [1.807, 2.05) is 19.2 Å². The molecule has 1 rings (SSSR count). The normalized spacial score (nSPS) is 14.9. The predicted molar refractivity (Wildman–Crippen MR) is 61.4 cm³/mol. The Balaban J connectivity index is 2.22. The zero-order valence-corrected chi connectivity index (χ0v) is 9.26. The molecule has 84 valence electrons. The van der Waals surface area contributed by atoms with Crippen LogP contribution in [0.4, 0.5) is 0 Å². The maximum absolute atomic E-state index is 9.49. The summed E-state index contributed by atoms with van der Waals surface area (Å²) < 4.78 is 0. The van der Waals surface area contributed by atoms with Gasteiger partial charge in [0.2, 0.25) is 0 Å². The Bertz CT molecular complexity index is 264. The summed E-state index contributed by atoms with van der Waals surface area (Å²) in [5.41, 5.74) is 6.65. The number of aliphatic hydroxyl groups is 1. The highest BCUT2D eigenvalue weighted by Crippen LogP contribution is 2.12. The molecule has 3 nitrogen and oxygen atoms in total. The first-order chi connectivity index (χ1) is 7.24. The van der Waals surface area contributed by atoms with Crippen LogP contribution in [0.5, 0.6) is 0 Å². The minimum Gasteiger partial charge on any atom is -0.392 e. The van der Waals surface area contributed by atoms with Crippen LogP contribution in [-0.2, 0) is 6.42 Å². The van der Waals surface area contributed by atoms with E-state index in [1.165, 1.54) is 5.56 Å². The van der Waals surface area contributed by atoms with Crippen molar-refractivity contribution in [2.75, 3.05) is 6.54 Å². The van der Waals surface area contributed by atoms with Gasteiger partial charge in [-0.1, -0.05) is 13.0 Å². The quantitative estimate of drug-likeness (QED) is 0.742. The van der Waals surface area contributed by atoms with Crippen molar-refractivity contribution in [2.24, 2.45) is 11.7 Å². The SMILES string of the molecule is C[C@H](CCCc1cccnc1)[C@@H](O)CN. The van der Waals surface area contributed by atoms with E-state index >= 15 is 0 Å². The van der Waals surface area contributed by atoms with Crippen molar-refractivity contribution in [2.45, 2.75) is 32.3 Å². The van der Waals surface area contributed by atoms with Crippen molar-refractivity contribution in [3.05, 3.63) is 30.1 Å². The van der Waals surface area contributed by atoms with Crippen LogP contribution in [0.15, 0.2) is 24.5 Å².